The molecule has 0 radical (unpaired) electrons. The maximum atomic E-state index is 7.10. The highest BCUT2D eigenvalue weighted by atomic mass is 32.1. The van der Waals surface area contributed by atoms with E-state index in [9.17, 15) is 0 Å². The second kappa shape index (κ2) is 11.8. The lowest BCUT2D eigenvalue weighted by atomic mass is 9.45. The first-order valence-electron chi connectivity index (χ1n) is 26.3. The molecule has 0 saturated heterocycles. The Morgan fingerprint density at radius 2 is 1.22 bits per heavy atom. The molecule has 0 aliphatic heterocycles. The molecule has 0 amide bonds. The minimum atomic E-state index is 0.145. The van der Waals surface area contributed by atoms with Crippen molar-refractivity contribution >= 4 is 76.2 Å². The first-order valence-corrected chi connectivity index (χ1v) is 27.1. The van der Waals surface area contributed by atoms with Gasteiger partial charge in [-0.25, -0.2) is 0 Å². The molecule has 4 spiro atoms. The second-order valence-corrected chi connectivity index (χ2v) is 24.5. The zero-order chi connectivity index (χ0) is 44.4. The van der Waals surface area contributed by atoms with Crippen molar-refractivity contribution in [1.82, 2.24) is 0 Å². The van der Waals surface area contributed by atoms with Gasteiger partial charge in [0.05, 0.1) is 5.69 Å². The summed E-state index contributed by atoms with van der Waals surface area (Å²) in [5.41, 5.74) is 21.1. The van der Waals surface area contributed by atoms with Gasteiger partial charge in [0, 0.05) is 83.1 Å². The van der Waals surface area contributed by atoms with Crippen LogP contribution in [0.3, 0.4) is 0 Å². The molecule has 68 heavy (non-hydrogen) atoms. The first kappa shape index (κ1) is 37.1. The van der Waals surface area contributed by atoms with Gasteiger partial charge >= 0.3 is 0 Å². The van der Waals surface area contributed by atoms with Gasteiger partial charge in [-0.1, -0.05) is 97.9 Å². The SMILES string of the molecule is CCN(c1ccc2c(c1)sc1cc3oc4c(N(CC)c5cccc6c5-c5ccccc5C65C6C[C@@H]7C[C@]8(C[C@H]58)C67)cccc4c3cc12)c1cccc2c1-c1ccccc1C21C2CC23CC3C[C@@H]1C. The van der Waals surface area contributed by atoms with Crippen molar-refractivity contribution in [3.8, 4) is 22.3 Å². The molecule has 9 aliphatic carbocycles. The molecule has 0 bridgehead atoms. The Bertz CT molecular complexity index is 3810. The van der Waals surface area contributed by atoms with Gasteiger partial charge in [0.25, 0.3) is 0 Å². The van der Waals surface area contributed by atoms with Crippen molar-refractivity contribution in [1.29, 1.82) is 0 Å². The van der Waals surface area contributed by atoms with E-state index < -0.39 is 0 Å². The van der Waals surface area contributed by atoms with Gasteiger partial charge in [-0.05, 0) is 180 Å². The maximum Gasteiger partial charge on any atom is 0.159 e. The zero-order valence-electron chi connectivity index (χ0n) is 39.1. The van der Waals surface area contributed by atoms with Crippen molar-refractivity contribution in [2.24, 2.45) is 52.3 Å². The molecule has 9 aromatic rings. The maximum absolute atomic E-state index is 7.10. The lowest BCUT2D eigenvalue weighted by Crippen LogP contribution is -2.54. The molecule has 3 nitrogen and oxygen atoms in total. The molecule has 4 heteroatoms. The quantitative estimate of drug-likeness (QED) is 0.166. The number of furan rings is 1. The number of thiophene rings is 1. The fourth-order valence-corrected chi connectivity index (χ4v) is 20.3. The Labute approximate surface area is 401 Å². The number of hydrogen-bond acceptors (Lipinski definition) is 4. The van der Waals surface area contributed by atoms with Crippen molar-refractivity contribution < 1.29 is 4.42 Å². The highest BCUT2D eigenvalue weighted by molar-refractivity contribution is 7.26. The van der Waals surface area contributed by atoms with Crippen LogP contribution in [-0.4, -0.2) is 13.1 Å². The van der Waals surface area contributed by atoms with E-state index in [-0.39, 0.29) is 10.8 Å². The molecular formula is C64H54N2OS. The summed E-state index contributed by atoms with van der Waals surface area (Å²) in [6, 6.07) is 52.5. The average Bonchev–Trinajstić information content (AvgIpc) is 4.27. The smallest absolute Gasteiger partial charge is 0.159 e. The lowest BCUT2D eigenvalue weighted by Gasteiger charge is -2.59. The van der Waals surface area contributed by atoms with Gasteiger partial charge in [-0.15, -0.1) is 11.3 Å². The van der Waals surface area contributed by atoms with E-state index in [1.807, 2.05) is 11.3 Å². The Hall–Kier alpha value is -5.84. The minimum absolute atomic E-state index is 0.145. The Balaban J connectivity index is 0.742. The van der Waals surface area contributed by atoms with E-state index in [1.54, 1.807) is 22.3 Å². The Kier molecular flexibility index (Phi) is 6.42. The molecule has 332 valence electrons. The van der Waals surface area contributed by atoms with Crippen LogP contribution < -0.4 is 9.80 Å². The standard InChI is InChI=1S/C64H54N2OS/c1-4-65(49-20-11-18-46-57(49)40-13-6-8-16-44(40)63(46)34(3)25-36-31-61(36)32-55(61)63)37-23-24-38-43-28-42-39-15-10-22-51(60(39)67-52(42)29-54(43)68-53(38)27-37)66(5-2)50-21-12-19-47-58(50)41-14-7-9-17-45(41)64(47)48-26-35-30-62(59(35)48)33-56(62)64/h6-24,27-29,34-36,48,55-56,59H,4-5,25-26,30-33H2,1-3H3/t34-,35+,36?,48?,55?,56-,59?,61?,62+,63?,64?/m0/s1. The fourth-order valence-electron chi connectivity index (χ4n) is 19.1. The van der Waals surface area contributed by atoms with Crippen LogP contribution in [0.25, 0.3) is 64.4 Å². The van der Waals surface area contributed by atoms with Crippen LogP contribution in [0.4, 0.5) is 22.7 Å². The van der Waals surface area contributed by atoms with Crippen LogP contribution in [0.2, 0.25) is 0 Å². The third-order valence-corrected chi connectivity index (χ3v) is 22.7. The van der Waals surface area contributed by atoms with Gasteiger partial charge < -0.3 is 14.2 Å². The second-order valence-electron chi connectivity index (χ2n) is 23.4. The van der Waals surface area contributed by atoms with Crippen LogP contribution in [0.5, 0.6) is 0 Å². The van der Waals surface area contributed by atoms with Crippen LogP contribution >= 0.6 is 11.3 Å². The average molecular weight is 899 g/mol. The summed E-state index contributed by atoms with van der Waals surface area (Å²) >= 11 is 1.91. The molecule has 0 N–H and O–H groups in total. The number of rotatable bonds is 6. The number of anilines is 4. The van der Waals surface area contributed by atoms with Crippen molar-refractivity contribution in [2.45, 2.75) is 70.1 Å². The predicted octanol–water partition coefficient (Wildman–Crippen LogP) is 16.5. The van der Waals surface area contributed by atoms with Gasteiger partial charge in [0.15, 0.2) is 5.58 Å². The van der Waals surface area contributed by atoms with Crippen molar-refractivity contribution in [3.05, 3.63) is 156 Å². The Morgan fingerprint density at radius 3 is 1.99 bits per heavy atom. The van der Waals surface area contributed by atoms with Gasteiger partial charge in [-0.2, -0.15) is 0 Å². The highest BCUT2D eigenvalue weighted by Gasteiger charge is 2.87. The number of benzene rings is 7. The molecule has 18 rings (SSSR count). The Morgan fingerprint density at radius 1 is 0.559 bits per heavy atom. The van der Waals surface area contributed by atoms with Crippen LogP contribution in [0.15, 0.2) is 138 Å². The monoisotopic (exact) mass is 898 g/mol. The van der Waals surface area contributed by atoms with E-state index in [1.165, 1.54) is 109 Å². The third-order valence-electron chi connectivity index (χ3n) is 21.5. The summed E-state index contributed by atoms with van der Waals surface area (Å²) in [5.74, 6) is 5.99. The van der Waals surface area contributed by atoms with Crippen LogP contribution in [0, 0.1) is 52.3 Å². The molecule has 11 atom stereocenters. The summed E-state index contributed by atoms with van der Waals surface area (Å²) in [4.78, 5) is 5.16. The summed E-state index contributed by atoms with van der Waals surface area (Å²) < 4.78 is 9.71. The predicted molar refractivity (Wildman–Crippen MR) is 280 cm³/mol. The lowest BCUT2D eigenvalue weighted by molar-refractivity contribution is -0.0882. The minimum Gasteiger partial charge on any atom is -0.454 e. The first-order chi connectivity index (χ1) is 33.4. The molecule has 2 heterocycles. The van der Waals surface area contributed by atoms with Crippen LogP contribution in [-0.2, 0) is 10.8 Å². The number of nitrogens with zero attached hydrogens (tertiary/aromatic N) is 2. The number of hydrogen-bond donors (Lipinski definition) is 0. The molecule has 7 fully saturated rings. The van der Waals surface area contributed by atoms with E-state index >= 15 is 0 Å². The fraction of sp³-hybridized carbons (Fsp3) is 0.344. The zero-order valence-corrected chi connectivity index (χ0v) is 39.9. The summed E-state index contributed by atoms with van der Waals surface area (Å²) in [7, 11) is 0. The largest absolute Gasteiger partial charge is 0.454 e. The molecule has 7 saturated carbocycles. The van der Waals surface area contributed by atoms with Crippen molar-refractivity contribution in [3.63, 3.8) is 0 Å². The molecule has 7 aromatic carbocycles. The molecule has 9 aliphatic rings. The van der Waals surface area contributed by atoms with E-state index in [2.05, 4.69) is 164 Å². The van der Waals surface area contributed by atoms with Crippen LogP contribution in [0.1, 0.15) is 81.5 Å². The van der Waals surface area contributed by atoms with Gasteiger partial charge in [0.2, 0.25) is 0 Å². The summed E-state index contributed by atoms with van der Waals surface area (Å²) in [5, 5.41) is 5.04. The molecule has 2 aromatic heterocycles. The summed E-state index contributed by atoms with van der Waals surface area (Å²) in [6.45, 7) is 8.99. The van der Waals surface area contributed by atoms with Crippen molar-refractivity contribution in [2.75, 3.05) is 22.9 Å². The highest BCUT2D eigenvalue weighted by Crippen LogP contribution is 2.93. The topological polar surface area (TPSA) is 19.6 Å². The molecule has 7 unspecified atom stereocenters. The van der Waals surface area contributed by atoms with Gasteiger partial charge in [0.1, 0.15) is 5.58 Å². The van der Waals surface area contributed by atoms with Gasteiger partial charge in [-0.3, -0.25) is 0 Å². The molecular weight excluding hydrogens is 845 g/mol. The number of fused-ring (bicyclic) bond motifs is 19. The third kappa shape index (κ3) is 3.87. The van der Waals surface area contributed by atoms with E-state index in [4.69, 9.17) is 4.42 Å². The van der Waals surface area contributed by atoms with E-state index in [0.29, 0.717) is 16.7 Å². The number of para-hydroxylation sites is 1. The summed E-state index contributed by atoms with van der Waals surface area (Å²) in [6.07, 6.45) is 8.62. The van der Waals surface area contributed by atoms with E-state index in [0.717, 1.165) is 65.5 Å². The normalized spacial score (nSPS) is 33.7.